The maximum absolute atomic E-state index is 6.05. The molecule has 1 aliphatic carbocycles. The molecule has 1 nitrogen and oxygen atoms in total. The summed E-state index contributed by atoms with van der Waals surface area (Å²) >= 11 is 9.66. The highest BCUT2D eigenvalue weighted by Crippen LogP contribution is 2.49. The second-order valence-corrected chi connectivity index (χ2v) is 6.61. The van der Waals surface area contributed by atoms with Gasteiger partial charge in [-0.05, 0) is 61.0 Å². The lowest BCUT2D eigenvalue weighted by Crippen LogP contribution is -2.22. The summed E-state index contributed by atoms with van der Waals surface area (Å²) in [7, 11) is 0. The second kappa shape index (κ2) is 5.73. The van der Waals surface area contributed by atoms with E-state index in [1.165, 1.54) is 16.5 Å². The standard InChI is InChI=1S/C14H19BrClN/c1-9(2)7-17-8-10-5-12(10)13-6-11(16)3-4-14(13)15/h3-4,6,9-10,12,17H,5,7-8H2,1-2H3. The molecule has 94 valence electrons. The lowest BCUT2D eigenvalue weighted by molar-refractivity contribution is 0.532. The van der Waals surface area contributed by atoms with Crippen molar-refractivity contribution in [3.05, 3.63) is 33.3 Å². The fraction of sp³-hybridized carbons (Fsp3) is 0.571. The van der Waals surface area contributed by atoms with Crippen molar-refractivity contribution < 1.29 is 0 Å². The summed E-state index contributed by atoms with van der Waals surface area (Å²) in [6.45, 7) is 6.72. The van der Waals surface area contributed by atoms with Gasteiger partial charge < -0.3 is 5.32 Å². The first-order valence-electron chi connectivity index (χ1n) is 6.23. The number of hydrogen-bond acceptors (Lipinski definition) is 1. The number of rotatable bonds is 5. The van der Waals surface area contributed by atoms with E-state index in [1.807, 2.05) is 6.07 Å². The Bertz CT molecular complexity index is 392. The SMILES string of the molecule is CC(C)CNCC1CC1c1cc(Cl)ccc1Br. The Balaban J connectivity index is 1.87. The van der Waals surface area contributed by atoms with E-state index in [2.05, 4.69) is 47.2 Å². The van der Waals surface area contributed by atoms with Crippen molar-refractivity contribution in [2.45, 2.75) is 26.2 Å². The average molecular weight is 317 g/mol. The number of halogens is 2. The number of benzene rings is 1. The summed E-state index contributed by atoms with van der Waals surface area (Å²) < 4.78 is 1.19. The van der Waals surface area contributed by atoms with Crippen molar-refractivity contribution in [3.63, 3.8) is 0 Å². The van der Waals surface area contributed by atoms with Gasteiger partial charge >= 0.3 is 0 Å². The zero-order chi connectivity index (χ0) is 12.4. The van der Waals surface area contributed by atoms with Crippen LogP contribution in [0.15, 0.2) is 22.7 Å². The highest BCUT2D eigenvalue weighted by atomic mass is 79.9. The predicted molar refractivity (Wildman–Crippen MR) is 77.7 cm³/mol. The molecule has 17 heavy (non-hydrogen) atoms. The van der Waals surface area contributed by atoms with E-state index in [1.54, 1.807) is 0 Å². The molecule has 1 saturated carbocycles. The molecular formula is C14H19BrClN. The van der Waals surface area contributed by atoms with Crippen LogP contribution in [-0.2, 0) is 0 Å². The van der Waals surface area contributed by atoms with Gasteiger partial charge in [-0.25, -0.2) is 0 Å². The Kier molecular flexibility index (Phi) is 4.51. The van der Waals surface area contributed by atoms with Gasteiger partial charge in [-0.3, -0.25) is 0 Å². The molecule has 1 aromatic carbocycles. The fourth-order valence-electron chi connectivity index (χ4n) is 2.21. The van der Waals surface area contributed by atoms with Gasteiger partial charge in [-0.1, -0.05) is 41.4 Å². The Morgan fingerprint density at radius 3 is 2.94 bits per heavy atom. The first-order chi connectivity index (χ1) is 8.08. The van der Waals surface area contributed by atoms with E-state index in [9.17, 15) is 0 Å². The smallest absolute Gasteiger partial charge is 0.0409 e. The summed E-state index contributed by atoms with van der Waals surface area (Å²) in [5, 5.41) is 4.37. The van der Waals surface area contributed by atoms with Crippen molar-refractivity contribution >= 4 is 27.5 Å². The van der Waals surface area contributed by atoms with Gasteiger partial charge in [0.25, 0.3) is 0 Å². The lowest BCUT2D eigenvalue weighted by atomic mass is 10.1. The predicted octanol–water partition coefficient (Wildman–Crippen LogP) is 4.45. The molecule has 0 spiro atoms. The molecule has 2 atom stereocenters. The molecule has 0 amide bonds. The lowest BCUT2D eigenvalue weighted by Gasteiger charge is -2.08. The second-order valence-electron chi connectivity index (χ2n) is 5.32. The summed E-state index contributed by atoms with van der Waals surface area (Å²) in [6.07, 6.45) is 1.28. The quantitative estimate of drug-likeness (QED) is 0.846. The molecule has 0 heterocycles. The summed E-state index contributed by atoms with van der Waals surface area (Å²) in [5.74, 6) is 2.19. The third kappa shape index (κ3) is 3.70. The first-order valence-corrected chi connectivity index (χ1v) is 7.40. The number of nitrogens with one attached hydrogen (secondary N) is 1. The monoisotopic (exact) mass is 315 g/mol. The van der Waals surface area contributed by atoms with Crippen LogP contribution in [0.5, 0.6) is 0 Å². The third-order valence-corrected chi connectivity index (χ3v) is 4.20. The average Bonchev–Trinajstić information content (AvgIpc) is 3.00. The molecule has 0 radical (unpaired) electrons. The van der Waals surface area contributed by atoms with Gasteiger partial charge in [0.2, 0.25) is 0 Å². The van der Waals surface area contributed by atoms with Crippen molar-refractivity contribution in [3.8, 4) is 0 Å². The van der Waals surface area contributed by atoms with E-state index < -0.39 is 0 Å². The molecular weight excluding hydrogens is 298 g/mol. The third-order valence-electron chi connectivity index (χ3n) is 3.24. The Labute approximate surface area is 117 Å². The van der Waals surface area contributed by atoms with Crippen LogP contribution in [0.1, 0.15) is 31.7 Å². The van der Waals surface area contributed by atoms with Crippen molar-refractivity contribution in [1.29, 1.82) is 0 Å². The molecule has 1 fully saturated rings. The maximum Gasteiger partial charge on any atom is 0.0409 e. The minimum atomic E-state index is 0.683. The van der Waals surface area contributed by atoms with Gasteiger partial charge in [0.1, 0.15) is 0 Å². The molecule has 0 aromatic heterocycles. The Morgan fingerprint density at radius 2 is 2.24 bits per heavy atom. The molecule has 3 heteroatoms. The van der Waals surface area contributed by atoms with Crippen LogP contribution in [0, 0.1) is 11.8 Å². The van der Waals surface area contributed by atoms with Crippen molar-refractivity contribution in [2.75, 3.05) is 13.1 Å². The van der Waals surface area contributed by atoms with Crippen LogP contribution < -0.4 is 5.32 Å². The van der Waals surface area contributed by atoms with Crippen molar-refractivity contribution in [1.82, 2.24) is 5.32 Å². The normalized spacial score (nSPS) is 23.1. The highest BCUT2D eigenvalue weighted by Gasteiger charge is 2.38. The summed E-state index contributed by atoms with van der Waals surface area (Å²) in [5.41, 5.74) is 1.37. The van der Waals surface area contributed by atoms with E-state index in [0.717, 1.165) is 29.9 Å². The van der Waals surface area contributed by atoms with E-state index in [4.69, 9.17) is 11.6 Å². The van der Waals surface area contributed by atoms with E-state index in [0.29, 0.717) is 5.92 Å². The minimum absolute atomic E-state index is 0.683. The first kappa shape index (κ1) is 13.4. The zero-order valence-corrected chi connectivity index (χ0v) is 12.7. The zero-order valence-electron chi connectivity index (χ0n) is 10.3. The minimum Gasteiger partial charge on any atom is -0.316 e. The largest absolute Gasteiger partial charge is 0.316 e. The molecule has 1 aliphatic rings. The van der Waals surface area contributed by atoms with Gasteiger partial charge in [0.05, 0.1) is 0 Å². The topological polar surface area (TPSA) is 12.0 Å². The van der Waals surface area contributed by atoms with Crippen molar-refractivity contribution in [2.24, 2.45) is 11.8 Å². The molecule has 2 unspecified atom stereocenters. The Morgan fingerprint density at radius 1 is 1.47 bits per heavy atom. The van der Waals surface area contributed by atoms with Crippen LogP contribution >= 0.6 is 27.5 Å². The van der Waals surface area contributed by atoms with Gasteiger partial charge in [-0.15, -0.1) is 0 Å². The molecule has 0 bridgehead atoms. The summed E-state index contributed by atoms with van der Waals surface area (Å²) in [4.78, 5) is 0. The van der Waals surface area contributed by atoms with Crippen LogP contribution in [0.3, 0.4) is 0 Å². The molecule has 0 aliphatic heterocycles. The van der Waals surface area contributed by atoms with Gasteiger partial charge in [0, 0.05) is 9.50 Å². The van der Waals surface area contributed by atoms with Crippen LogP contribution in [0.2, 0.25) is 5.02 Å². The maximum atomic E-state index is 6.05. The van der Waals surface area contributed by atoms with Gasteiger partial charge in [0.15, 0.2) is 0 Å². The van der Waals surface area contributed by atoms with E-state index in [-0.39, 0.29) is 0 Å². The molecule has 1 N–H and O–H groups in total. The Hall–Kier alpha value is -0.0500. The fourth-order valence-corrected chi connectivity index (χ4v) is 2.93. The molecule has 2 rings (SSSR count). The van der Waals surface area contributed by atoms with Crippen LogP contribution in [0.25, 0.3) is 0 Å². The molecule has 0 saturated heterocycles. The molecule has 1 aromatic rings. The van der Waals surface area contributed by atoms with E-state index >= 15 is 0 Å². The highest BCUT2D eigenvalue weighted by molar-refractivity contribution is 9.10. The number of hydrogen-bond donors (Lipinski definition) is 1. The summed E-state index contributed by atoms with van der Waals surface area (Å²) in [6, 6.07) is 6.08. The van der Waals surface area contributed by atoms with Crippen LogP contribution in [-0.4, -0.2) is 13.1 Å². The van der Waals surface area contributed by atoms with Gasteiger partial charge in [-0.2, -0.15) is 0 Å². The van der Waals surface area contributed by atoms with Crippen LogP contribution in [0.4, 0.5) is 0 Å².